The first-order valence-corrected chi connectivity index (χ1v) is 8.23. The van der Waals surface area contributed by atoms with Crippen molar-refractivity contribution in [2.75, 3.05) is 0 Å². The van der Waals surface area contributed by atoms with Gasteiger partial charge in [-0.1, -0.05) is 67.6 Å². The van der Waals surface area contributed by atoms with Crippen LogP contribution in [0.15, 0.2) is 60.7 Å². The summed E-state index contributed by atoms with van der Waals surface area (Å²) in [5.41, 5.74) is 1.91. The van der Waals surface area contributed by atoms with E-state index in [1.54, 1.807) is 0 Å². The summed E-state index contributed by atoms with van der Waals surface area (Å²) in [7, 11) is 0. The van der Waals surface area contributed by atoms with Crippen molar-refractivity contribution in [2.45, 2.75) is 43.8 Å². The maximum Gasteiger partial charge on any atom is 0.131 e. The second-order valence-electron chi connectivity index (χ2n) is 6.72. The third kappa shape index (κ3) is 2.02. The summed E-state index contributed by atoms with van der Waals surface area (Å²) in [6.07, 6.45) is 4.15. The summed E-state index contributed by atoms with van der Waals surface area (Å²) in [5, 5.41) is 0. The van der Waals surface area contributed by atoms with Crippen LogP contribution in [0.5, 0.6) is 0 Å². The van der Waals surface area contributed by atoms with Crippen LogP contribution in [0.3, 0.4) is 0 Å². The van der Waals surface area contributed by atoms with Gasteiger partial charge in [0, 0.05) is 0 Å². The van der Waals surface area contributed by atoms with Crippen LogP contribution in [-0.2, 0) is 21.0 Å². The number of rotatable bonds is 2. The predicted molar refractivity (Wildman–Crippen MR) is 86.0 cm³/mol. The highest BCUT2D eigenvalue weighted by molar-refractivity contribution is 5.28. The van der Waals surface area contributed by atoms with Crippen molar-refractivity contribution in [1.29, 1.82) is 0 Å². The molecule has 3 atom stereocenters. The molecule has 0 amide bonds. The molecule has 114 valence electrons. The van der Waals surface area contributed by atoms with Crippen LogP contribution in [0.4, 0.5) is 0 Å². The molecule has 2 heteroatoms. The van der Waals surface area contributed by atoms with E-state index in [-0.39, 0.29) is 11.2 Å². The fraction of sp³-hybridized carbons (Fsp3) is 0.400. The molecule has 2 aromatic rings. The molecule has 2 aromatic carbocycles. The highest BCUT2D eigenvalue weighted by Crippen LogP contribution is 2.55. The van der Waals surface area contributed by atoms with Crippen LogP contribution in [-0.4, -0.2) is 0 Å². The predicted octanol–water partition coefficient (Wildman–Crippen LogP) is 4.95. The maximum atomic E-state index is 6.15. The van der Waals surface area contributed by atoms with Gasteiger partial charge in [0.15, 0.2) is 0 Å². The van der Waals surface area contributed by atoms with E-state index in [0.29, 0.717) is 5.92 Å². The molecule has 0 radical (unpaired) electrons. The first kappa shape index (κ1) is 14.0. The van der Waals surface area contributed by atoms with E-state index in [9.17, 15) is 0 Å². The van der Waals surface area contributed by atoms with Gasteiger partial charge in [-0.05, 0) is 42.7 Å². The van der Waals surface area contributed by atoms with Gasteiger partial charge in [0.05, 0.1) is 0 Å². The van der Waals surface area contributed by atoms with E-state index >= 15 is 0 Å². The van der Waals surface area contributed by atoms with Gasteiger partial charge in [0.1, 0.15) is 11.2 Å². The van der Waals surface area contributed by atoms with E-state index in [2.05, 4.69) is 67.6 Å². The lowest BCUT2D eigenvalue weighted by atomic mass is 9.78. The fourth-order valence-electron chi connectivity index (χ4n) is 4.08. The fourth-order valence-corrected chi connectivity index (χ4v) is 4.08. The van der Waals surface area contributed by atoms with Crippen molar-refractivity contribution in [2.24, 2.45) is 5.92 Å². The highest BCUT2D eigenvalue weighted by atomic mass is 17.2. The SMILES string of the molecule is CC1CC[C@@]2(c3ccccc3)CC[C@]1(c1ccccc1)OO2. The van der Waals surface area contributed by atoms with Crippen LogP contribution in [0, 0.1) is 5.92 Å². The monoisotopic (exact) mass is 294 g/mol. The van der Waals surface area contributed by atoms with Gasteiger partial charge in [-0.15, -0.1) is 0 Å². The minimum absolute atomic E-state index is 0.274. The Morgan fingerprint density at radius 1 is 0.773 bits per heavy atom. The Hall–Kier alpha value is -1.64. The molecular formula is C20H22O2. The van der Waals surface area contributed by atoms with Gasteiger partial charge in [-0.3, -0.25) is 0 Å². The average Bonchev–Trinajstić information content (AvgIpc) is 2.85. The van der Waals surface area contributed by atoms with Crippen molar-refractivity contribution in [3.63, 3.8) is 0 Å². The lowest BCUT2D eigenvalue weighted by Gasteiger charge is -2.43. The quantitative estimate of drug-likeness (QED) is 0.730. The summed E-state index contributed by atoms with van der Waals surface area (Å²) < 4.78 is 0. The van der Waals surface area contributed by atoms with Crippen molar-refractivity contribution < 1.29 is 9.78 Å². The van der Waals surface area contributed by atoms with Crippen LogP contribution in [0.2, 0.25) is 0 Å². The summed E-state index contributed by atoms with van der Waals surface area (Å²) in [6.45, 7) is 2.29. The Balaban J connectivity index is 1.72. The van der Waals surface area contributed by atoms with E-state index in [1.165, 1.54) is 11.1 Å². The molecule has 1 unspecified atom stereocenters. The molecule has 2 aliphatic heterocycles. The van der Waals surface area contributed by atoms with Gasteiger partial charge in [0.25, 0.3) is 0 Å². The zero-order chi connectivity index (χ0) is 15.0. The number of hydrogen-bond donors (Lipinski definition) is 0. The zero-order valence-corrected chi connectivity index (χ0v) is 13.0. The first-order valence-electron chi connectivity index (χ1n) is 8.23. The second-order valence-corrected chi connectivity index (χ2v) is 6.72. The van der Waals surface area contributed by atoms with E-state index in [0.717, 1.165) is 25.7 Å². The summed E-state index contributed by atoms with van der Waals surface area (Å²) in [4.78, 5) is 12.2. The summed E-state index contributed by atoms with van der Waals surface area (Å²) in [6, 6.07) is 21.1. The molecule has 0 spiro atoms. The lowest BCUT2D eigenvalue weighted by Crippen LogP contribution is -2.43. The molecular weight excluding hydrogens is 272 g/mol. The van der Waals surface area contributed by atoms with Gasteiger partial charge >= 0.3 is 0 Å². The number of benzene rings is 2. The molecule has 1 saturated carbocycles. The minimum atomic E-state index is -0.296. The Morgan fingerprint density at radius 3 is 2.00 bits per heavy atom. The highest BCUT2D eigenvalue weighted by Gasteiger charge is 2.53. The molecule has 2 bridgehead atoms. The number of fused-ring (bicyclic) bond motifs is 4. The van der Waals surface area contributed by atoms with Crippen LogP contribution in [0.1, 0.15) is 43.7 Å². The number of hydrogen-bond acceptors (Lipinski definition) is 2. The van der Waals surface area contributed by atoms with Gasteiger partial charge in [-0.2, -0.15) is 0 Å². The van der Waals surface area contributed by atoms with E-state index in [1.807, 2.05) is 0 Å². The van der Waals surface area contributed by atoms with E-state index in [4.69, 9.17) is 9.78 Å². The standard InChI is InChI=1S/C20H22O2/c1-16-12-13-19(17-8-4-2-5-9-17)14-15-20(16,22-21-19)18-10-6-3-7-11-18/h2-11,16H,12-15H2,1H3/t16?,19-,20-/m0/s1. The molecule has 2 nitrogen and oxygen atoms in total. The smallest absolute Gasteiger partial charge is 0.131 e. The maximum absolute atomic E-state index is 6.15. The minimum Gasteiger partial charge on any atom is -0.224 e. The molecule has 22 heavy (non-hydrogen) atoms. The Bertz CT molecular complexity index is 627. The molecule has 3 fully saturated rings. The van der Waals surface area contributed by atoms with Crippen LogP contribution in [0.25, 0.3) is 0 Å². The summed E-state index contributed by atoms with van der Waals surface area (Å²) >= 11 is 0. The van der Waals surface area contributed by atoms with Crippen molar-refractivity contribution in [3.05, 3.63) is 71.8 Å². The Morgan fingerprint density at radius 2 is 1.41 bits per heavy atom. The zero-order valence-electron chi connectivity index (χ0n) is 13.0. The first-order chi connectivity index (χ1) is 10.8. The summed E-state index contributed by atoms with van der Waals surface area (Å²) in [5.74, 6) is 0.447. The van der Waals surface area contributed by atoms with Gasteiger partial charge < -0.3 is 0 Å². The molecule has 1 aliphatic carbocycles. The molecule has 2 saturated heterocycles. The Kier molecular flexibility index (Phi) is 3.32. The topological polar surface area (TPSA) is 18.5 Å². The Labute approximate surface area is 132 Å². The lowest BCUT2D eigenvalue weighted by molar-refractivity contribution is -0.449. The normalized spacial score (nSPS) is 34.3. The molecule has 5 rings (SSSR count). The van der Waals surface area contributed by atoms with Crippen molar-refractivity contribution >= 4 is 0 Å². The van der Waals surface area contributed by atoms with Crippen LogP contribution >= 0.6 is 0 Å². The third-order valence-electron chi connectivity index (χ3n) is 5.59. The van der Waals surface area contributed by atoms with Crippen molar-refractivity contribution in [1.82, 2.24) is 0 Å². The molecule has 2 heterocycles. The van der Waals surface area contributed by atoms with Gasteiger partial charge in [-0.25, -0.2) is 9.78 Å². The van der Waals surface area contributed by atoms with Crippen LogP contribution < -0.4 is 0 Å². The second kappa shape index (κ2) is 5.22. The molecule has 3 aliphatic rings. The molecule has 0 aromatic heterocycles. The molecule has 0 N–H and O–H groups in total. The largest absolute Gasteiger partial charge is 0.224 e. The third-order valence-corrected chi connectivity index (χ3v) is 5.59. The van der Waals surface area contributed by atoms with E-state index < -0.39 is 0 Å². The average molecular weight is 294 g/mol. The van der Waals surface area contributed by atoms with Gasteiger partial charge in [0.2, 0.25) is 0 Å². The van der Waals surface area contributed by atoms with Crippen molar-refractivity contribution in [3.8, 4) is 0 Å².